The smallest absolute Gasteiger partial charge is 0.452 e. The highest BCUT2D eigenvalue weighted by Gasteiger charge is 2.25. The summed E-state index contributed by atoms with van der Waals surface area (Å²) >= 11 is 0. The number of anilines is 1. The lowest BCUT2D eigenvalue weighted by Crippen LogP contribution is -3.03. The van der Waals surface area contributed by atoms with Crippen molar-refractivity contribution in [1.29, 1.82) is 0 Å². The molecule has 0 saturated heterocycles. The topological polar surface area (TPSA) is 102 Å². The number of hydroxylamine groups is 2. The van der Waals surface area contributed by atoms with Crippen LogP contribution in [0.25, 0.3) is 0 Å². The van der Waals surface area contributed by atoms with E-state index < -0.39 is 6.09 Å². The number of para-hydroxylation sites is 2. The molecule has 8 nitrogen and oxygen atoms in total. The van der Waals surface area contributed by atoms with Gasteiger partial charge in [0.1, 0.15) is 17.9 Å². The number of hydrogen-bond acceptors (Lipinski definition) is 6. The van der Waals surface area contributed by atoms with E-state index in [1.807, 2.05) is 0 Å². The first-order valence-electron chi connectivity index (χ1n) is 5.42. The molecular formula is C11H12N4O4. The number of carbonyl (C=O) groups excluding carboxylic acids is 1. The molecule has 2 rings (SSSR count). The molecule has 1 aromatic rings. The van der Waals surface area contributed by atoms with Crippen molar-refractivity contribution in [1.82, 2.24) is 0 Å². The van der Waals surface area contributed by atoms with E-state index in [1.165, 1.54) is 7.11 Å². The van der Waals surface area contributed by atoms with Gasteiger partial charge in [-0.15, -0.1) is 0 Å². The van der Waals surface area contributed by atoms with Crippen molar-refractivity contribution in [2.45, 2.75) is 0 Å². The summed E-state index contributed by atoms with van der Waals surface area (Å²) in [6.45, 7) is -0.0201. The monoisotopic (exact) mass is 264 g/mol. The number of ether oxygens (including phenoxy) is 1. The molecule has 1 aromatic carbocycles. The minimum atomic E-state index is -0.858. The minimum absolute atomic E-state index is 0.0201. The van der Waals surface area contributed by atoms with Crippen LogP contribution in [0.1, 0.15) is 0 Å². The number of rotatable bonds is 1. The lowest BCUT2D eigenvalue weighted by atomic mass is 10.2. The van der Waals surface area contributed by atoms with Gasteiger partial charge < -0.3 is 15.0 Å². The number of azo groups is 1. The summed E-state index contributed by atoms with van der Waals surface area (Å²) in [6, 6.07) is 6.66. The first-order valence-corrected chi connectivity index (χ1v) is 5.42. The molecule has 1 aliphatic rings. The van der Waals surface area contributed by atoms with Gasteiger partial charge in [0.05, 0.1) is 13.3 Å². The molecule has 0 fully saturated rings. The van der Waals surface area contributed by atoms with Gasteiger partial charge in [-0.25, -0.2) is 9.86 Å². The third-order valence-electron chi connectivity index (χ3n) is 2.57. The summed E-state index contributed by atoms with van der Waals surface area (Å²) in [5, 5.41) is 29.2. The van der Waals surface area contributed by atoms with E-state index in [4.69, 9.17) is 0 Å². The lowest BCUT2D eigenvalue weighted by molar-refractivity contribution is -0.772. The van der Waals surface area contributed by atoms with Gasteiger partial charge in [0.25, 0.3) is 0 Å². The Hall–Kier alpha value is -2.29. The zero-order valence-electron chi connectivity index (χ0n) is 10.1. The van der Waals surface area contributed by atoms with Gasteiger partial charge in [-0.3, -0.25) is 5.21 Å². The van der Waals surface area contributed by atoms with Crippen LogP contribution in [-0.4, -0.2) is 25.0 Å². The van der Waals surface area contributed by atoms with E-state index >= 15 is 0 Å². The third kappa shape index (κ3) is 2.76. The molecule has 1 aliphatic heterocycles. The highest BCUT2D eigenvalue weighted by Crippen LogP contribution is 2.26. The van der Waals surface area contributed by atoms with E-state index in [1.54, 1.807) is 24.3 Å². The van der Waals surface area contributed by atoms with Crippen LogP contribution in [0, 0.1) is 5.21 Å². The van der Waals surface area contributed by atoms with Gasteiger partial charge in [-0.2, -0.15) is 5.11 Å². The normalized spacial score (nSPS) is 20.7. The molecule has 0 bridgehead atoms. The average Bonchev–Trinajstić information content (AvgIpc) is 2.44. The summed E-state index contributed by atoms with van der Waals surface area (Å²) in [5.74, 6) is 0. The maximum Gasteiger partial charge on any atom is 0.452 e. The first-order chi connectivity index (χ1) is 9.13. The van der Waals surface area contributed by atoms with Gasteiger partial charge in [0.2, 0.25) is 0 Å². The largest absolute Gasteiger partial charge is 0.629 e. The van der Waals surface area contributed by atoms with E-state index in [0.717, 1.165) is 11.3 Å². The Morgan fingerprint density at radius 2 is 2.32 bits per heavy atom. The number of benzene rings is 1. The molecule has 1 amide bonds. The number of amides is 1. The molecule has 2 N–H and O–H groups in total. The third-order valence-corrected chi connectivity index (χ3v) is 2.57. The van der Waals surface area contributed by atoms with Crippen LogP contribution in [0.4, 0.5) is 16.2 Å². The van der Waals surface area contributed by atoms with Crippen molar-refractivity contribution in [3.8, 4) is 0 Å². The Morgan fingerprint density at radius 3 is 3.05 bits per heavy atom. The number of hydrogen-bond donors (Lipinski definition) is 2. The summed E-state index contributed by atoms with van der Waals surface area (Å²) in [5.41, 5.74) is 1.04. The van der Waals surface area contributed by atoms with E-state index in [0.29, 0.717) is 11.4 Å². The van der Waals surface area contributed by atoms with Crippen LogP contribution in [0.3, 0.4) is 0 Å². The highest BCUT2D eigenvalue weighted by atomic mass is 16.5. The molecule has 1 heterocycles. The summed E-state index contributed by atoms with van der Waals surface area (Å²) < 4.78 is 4.27. The molecule has 0 aliphatic carbocycles. The van der Waals surface area contributed by atoms with Gasteiger partial charge in [-0.1, -0.05) is 17.2 Å². The number of nitrogens with zero attached hydrogens (tertiary/aromatic N) is 3. The van der Waals surface area contributed by atoms with Gasteiger partial charge in [0, 0.05) is 6.07 Å². The Morgan fingerprint density at radius 1 is 1.58 bits per heavy atom. The first kappa shape index (κ1) is 13.1. The second-order valence-electron chi connectivity index (χ2n) is 3.73. The minimum Gasteiger partial charge on any atom is -0.629 e. The summed E-state index contributed by atoms with van der Waals surface area (Å²) in [7, 11) is 1.17. The fourth-order valence-electron chi connectivity index (χ4n) is 1.67. The second-order valence-corrected chi connectivity index (χ2v) is 3.73. The lowest BCUT2D eigenvalue weighted by Gasteiger charge is -2.34. The molecule has 19 heavy (non-hydrogen) atoms. The van der Waals surface area contributed by atoms with Crippen LogP contribution in [0.15, 0.2) is 46.4 Å². The predicted molar refractivity (Wildman–Crippen MR) is 64.9 cm³/mol. The zero-order chi connectivity index (χ0) is 13.8. The predicted octanol–water partition coefficient (Wildman–Crippen LogP) is 0.970. The summed E-state index contributed by atoms with van der Waals surface area (Å²) in [6.07, 6.45) is 0.286. The SMILES string of the molecule is COC(=O)N=NC=C1C[NH+]([O-])c2ccccc2N1O. The van der Waals surface area contributed by atoms with Crippen LogP contribution in [-0.2, 0) is 4.74 Å². The molecule has 8 heteroatoms. The Balaban J connectivity index is 2.24. The number of nitrogens with one attached hydrogen (secondary N) is 1. The van der Waals surface area contributed by atoms with Crippen molar-refractivity contribution in [2.75, 3.05) is 18.7 Å². The molecule has 0 aromatic heterocycles. The number of fused-ring (bicyclic) bond motifs is 1. The molecule has 0 spiro atoms. The Labute approximate surface area is 108 Å². The maximum atomic E-state index is 11.9. The van der Waals surface area contributed by atoms with Gasteiger partial charge in [-0.05, 0) is 6.07 Å². The van der Waals surface area contributed by atoms with E-state index in [2.05, 4.69) is 15.0 Å². The Kier molecular flexibility index (Phi) is 3.85. The van der Waals surface area contributed by atoms with Crippen LogP contribution in [0.2, 0.25) is 0 Å². The zero-order valence-corrected chi connectivity index (χ0v) is 10.1. The van der Waals surface area contributed by atoms with Crippen molar-refractivity contribution in [3.63, 3.8) is 0 Å². The van der Waals surface area contributed by atoms with E-state index in [-0.39, 0.29) is 17.3 Å². The standard InChI is InChI=1S/C11H12N4O4/c1-19-11(16)13-12-6-8-7-14(17)9-4-2-3-5-10(9)15(8)18/h2-6,14,18H,7H2,1H3. The quantitative estimate of drug-likeness (QED) is 0.581. The Bertz CT molecular complexity index is 543. The fourth-order valence-corrected chi connectivity index (χ4v) is 1.67. The highest BCUT2D eigenvalue weighted by molar-refractivity contribution is 5.67. The number of methoxy groups -OCH3 is 1. The fraction of sp³-hybridized carbons (Fsp3) is 0.182. The van der Waals surface area contributed by atoms with E-state index in [9.17, 15) is 15.2 Å². The van der Waals surface area contributed by atoms with Crippen molar-refractivity contribution >= 4 is 17.5 Å². The van der Waals surface area contributed by atoms with Crippen LogP contribution >= 0.6 is 0 Å². The molecule has 100 valence electrons. The van der Waals surface area contributed by atoms with Crippen molar-refractivity contribution < 1.29 is 19.8 Å². The van der Waals surface area contributed by atoms with Gasteiger partial charge >= 0.3 is 6.09 Å². The molecule has 0 saturated carbocycles. The number of quaternary nitrogens is 1. The molecule has 1 atom stereocenters. The average molecular weight is 264 g/mol. The molecular weight excluding hydrogens is 252 g/mol. The maximum absolute atomic E-state index is 11.9. The van der Waals surface area contributed by atoms with Gasteiger partial charge in [0.15, 0.2) is 5.69 Å². The van der Waals surface area contributed by atoms with Crippen molar-refractivity contribution in [3.05, 3.63) is 41.4 Å². The molecule has 1 unspecified atom stereocenters. The molecule has 0 radical (unpaired) electrons. The van der Waals surface area contributed by atoms with Crippen molar-refractivity contribution in [2.24, 2.45) is 10.2 Å². The second kappa shape index (κ2) is 5.57. The van der Waals surface area contributed by atoms with Crippen LogP contribution in [0.5, 0.6) is 0 Å². The summed E-state index contributed by atoms with van der Waals surface area (Å²) in [4.78, 5) is 10.7. The van der Waals surface area contributed by atoms with Crippen LogP contribution < -0.4 is 10.1 Å². The number of carbonyl (C=O) groups is 1.